The number of halogens is 2. The lowest BCUT2D eigenvalue weighted by atomic mass is 10.1. The first-order chi connectivity index (χ1) is 20.0. The SMILES string of the molecule is C=C(NCCOCCN1CCNCC1)c1ccc(Nc2nccn3c(-c4ccc(OC)c(F)c4F)cnc23)cc1C. The van der Waals surface area contributed by atoms with E-state index in [1.54, 1.807) is 16.8 Å². The molecule has 1 aliphatic heterocycles. The molecule has 11 heteroatoms. The number of fused-ring (bicyclic) bond motifs is 1. The molecule has 0 spiro atoms. The number of nitrogens with one attached hydrogen (secondary N) is 3. The normalized spacial score (nSPS) is 13.9. The molecule has 0 aliphatic carbocycles. The number of anilines is 2. The molecule has 9 nitrogen and oxygen atoms in total. The van der Waals surface area contributed by atoms with Gasteiger partial charge in [-0.05, 0) is 36.8 Å². The molecular weight excluding hydrogens is 528 g/mol. The first kappa shape index (κ1) is 28.5. The molecule has 0 saturated carbocycles. The average molecular weight is 564 g/mol. The number of nitrogens with zero attached hydrogens (tertiary/aromatic N) is 4. The average Bonchev–Trinajstić information content (AvgIpc) is 3.42. The zero-order valence-electron chi connectivity index (χ0n) is 23.3. The molecule has 0 bridgehead atoms. The van der Waals surface area contributed by atoms with Crippen LogP contribution in [0.2, 0.25) is 0 Å². The van der Waals surface area contributed by atoms with Gasteiger partial charge in [0, 0.05) is 74.2 Å². The van der Waals surface area contributed by atoms with E-state index in [-0.39, 0.29) is 11.3 Å². The smallest absolute Gasteiger partial charge is 0.201 e. The second-order valence-electron chi connectivity index (χ2n) is 9.82. The molecule has 1 fully saturated rings. The summed E-state index contributed by atoms with van der Waals surface area (Å²) in [5.41, 5.74) is 4.61. The summed E-state index contributed by atoms with van der Waals surface area (Å²) in [7, 11) is 1.29. The number of aryl methyl sites for hydroxylation is 1. The monoisotopic (exact) mass is 563 g/mol. The second kappa shape index (κ2) is 13.1. The molecule has 2 aromatic heterocycles. The minimum absolute atomic E-state index is 0.0733. The molecule has 3 heterocycles. The minimum atomic E-state index is -1.04. The van der Waals surface area contributed by atoms with E-state index in [1.165, 1.54) is 25.4 Å². The van der Waals surface area contributed by atoms with Gasteiger partial charge in [-0.3, -0.25) is 9.30 Å². The number of hydrogen-bond acceptors (Lipinski definition) is 8. The number of rotatable bonds is 12. The van der Waals surface area contributed by atoms with Crippen LogP contribution in [0, 0.1) is 18.6 Å². The summed E-state index contributed by atoms with van der Waals surface area (Å²) in [4.78, 5) is 11.3. The summed E-state index contributed by atoms with van der Waals surface area (Å²) in [6.07, 6.45) is 4.73. The zero-order chi connectivity index (χ0) is 28.8. The Morgan fingerprint density at radius 3 is 2.71 bits per heavy atom. The molecule has 0 atom stereocenters. The van der Waals surface area contributed by atoms with Gasteiger partial charge in [0.25, 0.3) is 0 Å². The van der Waals surface area contributed by atoms with Crippen LogP contribution in [-0.2, 0) is 4.74 Å². The number of benzene rings is 2. The van der Waals surface area contributed by atoms with E-state index < -0.39 is 11.6 Å². The first-order valence-corrected chi connectivity index (χ1v) is 13.6. The van der Waals surface area contributed by atoms with Gasteiger partial charge in [0.05, 0.1) is 32.2 Å². The van der Waals surface area contributed by atoms with Crippen LogP contribution in [0.15, 0.2) is 55.5 Å². The standard InChI is InChI=1S/C30H35F2N7O2/c1-20-18-22(4-5-23(20)21(2)34-11-16-41-17-15-38-12-8-33-9-13-38)37-29-30-36-19-25(39(30)14-10-35-29)24-6-7-26(40-3)28(32)27(24)31/h4-7,10,14,18-19,33-34H,2,8-9,11-13,15-17H2,1,3H3,(H,35,37). The molecule has 2 aromatic carbocycles. The third-order valence-electron chi connectivity index (χ3n) is 7.13. The van der Waals surface area contributed by atoms with Crippen molar-refractivity contribution < 1.29 is 18.3 Å². The van der Waals surface area contributed by atoms with Gasteiger partial charge in [0.1, 0.15) is 0 Å². The number of methoxy groups -OCH3 is 1. The lowest BCUT2D eigenvalue weighted by Gasteiger charge is -2.26. The van der Waals surface area contributed by atoms with E-state index in [9.17, 15) is 8.78 Å². The van der Waals surface area contributed by atoms with Crippen LogP contribution in [0.1, 0.15) is 11.1 Å². The Morgan fingerprint density at radius 2 is 1.93 bits per heavy atom. The third-order valence-corrected chi connectivity index (χ3v) is 7.13. The second-order valence-corrected chi connectivity index (χ2v) is 9.82. The van der Waals surface area contributed by atoms with Crippen molar-refractivity contribution in [1.29, 1.82) is 0 Å². The molecular formula is C30H35F2N7O2. The van der Waals surface area contributed by atoms with Crippen molar-refractivity contribution in [3.8, 4) is 17.0 Å². The minimum Gasteiger partial charge on any atom is -0.494 e. The van der Waals surface area contributed by atoms with Gasteiger partial charge in [-0.1, -0.05) is 12.6 Å². The summed E-state index contributed by atoms with van der Waals surface area (Å²) in [6, 6.07) is 8.79. The fourth-order valence-electron chi connectivity index (χ4n) is 4.91. The Morgan fingerprint density at radius 1 is 1.10 bits per heavy atom. The van der Waals surface area contributed by atoms with E-state index >= 15 is 0 Å². The number of hydrogen-bond donors (Lipinski definition) is 3. The molecule has 216 valence electrons. The van der Waals surface area contributed by atoms with Gasteiger partial charge >= 0.3 is 0 Å². The maximum atomic E-state index is 14.8. The summed E-state index contributed by atoms with van der Waals surface area (Å²) < 4.78 is 41.5. The van der Waals surface area contributed by atoms with Crippen LogP contribution in [0.25, 0.3) is 22.6 Å². The highest BCUT2D eigenvalue weighted by Gasteiger charge is 2.19. The van der Waals surface area contributed by atoms with E-state index in [1.807, 2.05) is 25.1 Å². The number of ether oxygens (including phenoxy) is 2. The van der Waals surface area contributed by atoms with E-state index in [2.05, 4.69) is 37.4 Å². The molecule has 1 saturated heterocycles. The Kier molecular flexibility index (Phi) is 9.07. The summed E-state index contributed by atoms with van der Waals surface area (Å²) in [5, 5.41) is 10.0. The van der Waals surface area contributed by atoms with Crippen LogP contribution in [0.3, 0.4) is 0 Å². The van der Waals surface area contributed by atoms with Crippen molar-refractivity contribution in [3.63, 3.8) is 0 Å². The highest BCUT2D eigenvalue weighted by atomic mass is 19.2. The highest BCUT2D eigenvalue weighted by molar-refractivity contribution is 5.76. The lowest BCUT2D eigenvalue weighted by Crippen LogP contribution is -2.44. The number of piperazine rings is 1. The Bertz CT molecular complexity index is 1520. The molecule has 3 N–H and O–H groups in total. The van der Waals surface area contributed by atoms with Crippen LogP contribution in [-0.4, -0.2) is 78.9 Å². The maximum Gasteiger partial charge on any atom is 0.201 e. The van der Waals surface area contributed by atoms with Crippen molar-refractivity contribution in [2.75, 3.05) is 64.9 Å². The van der Waals surface area contributed by atoms with Gasteiger partial charge in [-0.2, -0.15) is 4.39 Å². The summed E-state index contributed by atoms with van der Waals surface area (Å²) in [5.74, 6) is -1.72. The Labute approximate surface area is 238 Å². The molecule has 1 aliphatic rings. The zero-order valence-corrected chi connectivity index (χ0v) is 23.3. The van der Waals surface area contributed by atoms with Gasteiger partial charge in [0.15, 0.2) is 23.0 Å². The van der Waals surface area contributed by atoms with Crippen LogP contribution in [0.4, 0.5) is 20.3 Å². The van der Waals surface area contributed by atoms with Gasteiger partial charge in [-0.15, -0.1) is 0 Å². The van der Waals surface area contributed by atoms with E-state index in [0.29, 0.717) is 30.3 Å². The summed E-state index contributed by atoms with van der Waals surface area (Å²) >= 11 is 0. The maximum absolute atomic E-state index is 14.8. The molecule has 0 unspecified atom stereocenters. The van der Waals surface area contributed by atoms with Crippen LogP contribution in [0.5, 0.6) is 5.75 Å². The molecule has 4 aromatic rings. The van der Waals surface area contributed by atoms with Gasteiger partial charge in [0.2, 0.25) is 5.82 Å². The molecule has 5 rings (SSSR count). The number of aromatic nitrogens is 3. The van der Waals surface area contributed by atoms with Gasteiger partial charge in [-0.25, -0.2) is 14.4 Å². The van der Waals surface area contributed by atoms with E-state index in [0.717, 1.165) is 61.8 Å². The van der Waals surface area contributed by atoms with Crippen molar-refractivity contribution in [3.05, 3.63) is 78.3 Å². The molecule has 0 amide bonds. The first-order valence-electron chi connectivity index (χ1n) is 13.6. The van der Waals surface area contributed by atoms with Crippen molar-refractivity contribution in [1.82, 2.24) is 29.9 Å². The Balaban J connectivity index is 1.20. The predicted octanol–water partition coefficient (Wildman–Crippen LogP) is 4.22. The van der Waals surface area contributed by atoms with Crippen LogP contribution >= 0.6 is 0 Å². The van der Waals surface area contributed by atoms with Crippen molar-refractivity contribution in [2.45, 2.75) is 6.92 Å². The molecule has 41 heavy (non-hydrogen) atoms. The largest absolute Gasteiger partial charge is 0.494 e. The fraction of sp³-hybridized carbons (Fsp3) is 0.333. The van der Waals surface area contributed by atoms with E-state index in [4.69, 9.17) is 9.47 Å². The summed E-state index contributed by atoms with van der Waals surface area (Å²) in [6.45, 7) is 13.4. The third kappa shape index (κ3) is 6.48. The Hall–Kier alpha value is -4.06. The predicted molar refractivity (Wildman–Crippen MR) is 157 cm³/mol. The van der Waals surface area contributed by atoms with Gasteiger partial charge < -0.3 is 25.4 Å². The van der Waals surface area contributed by atoms with Crippen molar-refractivity contribution >= 4 is 22.8 Å². The number of imidazole rings is 1. The quantitative estimate of drug-likeness (QED) is 0.221. The highest BCUT2D eigenvalue weighted by Crippen LogP contribution is 2.31. The fourth-order valence-corrected chi connectivity index (χ4v) is 4.91. The lowest BCUT2D eigenvalue weighted by molar-refractivity contribution is 0.102. The molecule has 0 radical (unpaired) electrons. The van der Waals surface area contributed by atoms with Crippen LogP contribution < -0.4 is 20.7 Å². The van der Waals surface area contributed by atoms with Crippen molar-refractivity contribution in [2.24, 2.45) is 0 Å². The topological polar surface area (TPSA) is 88.0 Å².